The molecule has 0 saturated heterocycles. The van der Waals surface area contributed by atoms with Gasteiger partial charge >= 0.3 is 11.9 Å². The molecule has 0 aromatic heterocycles. The van der Waals surface area contributed by atoms with Crippen LogP contribution in [0.25, 0.3) is 0 Å². The maximum atomic E-state index is 9.55. The summed E-state index contributed by atoms with van der Waals surface area (Å²) in [5, 5.41) is 15.6. The summed E-state index contributed by atoms with van der Waals surface area (Å²) < 4.78 is 0. The molecule has 0 spiro atoms. The number of carbonyl (C=O) groups is 2. The quantitative estimate of drug-likeness (QED) is 0.292. The number of hydrogen-bond donors (Lipinski definition) is 2. The molecule has 5 heteroatoms. The maximum Gasteiger partial charge on any atom is 0.328 e. The van der Waals surface area contributed by atoms with Gasteiger partial charge in [-0.2, -0.15) is 0 Å². The molecule has 25 heavy (non-hydrogen) atoms. The third-order valence-corrected chi connectivity index (χ3v) is 9.37. The van der Waals surface area contributed by atoms with E-state index >= 15 is 0 Å². The Bertz CT molecular complexity index is 313. The van der Waals surface area contributed by atoms with Crippen LogP contribution in [0.5, 0.6) is 0 Å². The molecule has 0 amide bonds. The molecule has 0 aliphatic carbocycles. The van der Waals surface area contributed by atoms with E-state index in [4.69, 9.17) is 10.2 Å². The van der Waals surface area contributed by atoms with Crippen LogP contribution >= 0.6 is 7.26 Å². The van der Waals surface area contributed by atoms with Gasteiger partial charge in [0.15, 0.2) is 0 Å². The van der Waals surface area contributed by atoms with Crippen LogP contribution < -0.4 is 0 Å². The van der Waals surface area contributed by atoms with E-state index in [1.165, 1.54) is 51.4 Å². The van der Waals surface area contributed by atoms with Crippen molar-refractivity contribution in [2.45, 2.75) is 79.1 Å². The second-order valence-electron chi connectivity index (χ2n) is 6.66. The number of carboxylic acid groups (broad SMARTS) is 2. The topological polar surface area (TPSA) is 74.6 Å². The molecule has 0 bridgehead atoms. The molecule has 0 aromatic rings. The Kier molecular flexibility index (Phi) is 18.9. The Balaban J connectivity index is 0. The summed E-state index contributed by atoms with van der Waals surface area (Å²) in [6.45, 7) is 9.42. The minimum absolute atomic E-state index is 0.558. The highest BCUT2D eigenvalue weighted by atomic mass is 31.2. The Morgan fingerprint density at radius 3 is 1.04 bits per heavy atom. The Morgan fingerprint density at radius 1 is 0.640 bits per heavy atom. The smallest absolute Gasteiger partial charge is 0.328 e. The third kappa shape index (κ3) is 17.7. The molecule has 0 saturated carbocycles. The predicted octanol–water partition coefficient (Wildman–Crippen LogP) is 5.92. The fraction of sp³-hybridized carbons (Fsp3) is 0.800. The van der Waals surface area contributed by atoms with Crippen molar-refractivity contribution < 1.29 is 19.8 Å². The van der Waals surface area contributed by atoms with Crippen molar-refractivity contribution >= 4 is 19.2 Å². The van der Waals surface area contributed by atoms with Gasteiger partial charge in [-0.05, 0) is 25.7 Å². The van der Waals surface area contributed by atoms with Gasteiger partial charge in [-0.1, -0.05) is 53.4 Å². The summed E-state index contributed by atoms with van der Waals surface area (Å²) in [6.07, 6.45) is 19.1. The van der Waals surface area contributed by atoms with Gasteiger partial charge in [-0.3, -0.25) is 0 Å². The lowest BCUT2D eigenvalue weighted by molar-refractivity contribution is -0.134. The van der Waals surface area contributed by atoms with Crippen molar-refractivity contribution in [3.8, 4) is 0 Å². The first-order valence-corrected chi connectivity index (χ1v) is 12.4. The van der Waals surface area contributed by atoms with Crippen LogP contribution in [0.4, 0.5) is 0 Å². The molecule has 0 aliphatic heterocycles. The second-order valence-corrected chi connectivity index (χ2v) is 11.1. The Labute approximate surface area is 155 Å². The van der Waals surface area contributed by atoms with E-state index in [0.29, 0.717) is 12.2 Å². The largest absolute Gasteiger partial charge is 0.478 e. The van der Waals surface area contributed by atoms with Crippen molar-refractivity contribution in [2.24, 2.45) is 0 Å². The molecule has 148 valence electrons. The van der Waals surface area contributed by atoms with E-state index in [9.17, 15) is 9.59 Å². The number of aliphatic carboxylic acids is 2. The van der Waals surface area contributed by atoms with Crippen molar-refractivity contribution in [1.29, 1.82) is 0 Å². The third-order valence-electron chi connectivity index (χ3n) is 4.31. The van der Waals surface area contributed by atoms with Gasteiger partial charge in [0.2, 0.25) is 0 Å². The van der Waals surface area contributed by atoms with Crippen LogP contribution in [-0.4, -0.2) is 46.8 Å². The van der Waals surface area contributed by atoms with Crippen molar-refractivity contribution in [3.63, 3.8) is 0 Å². The van der Waals surface area contributed by atoms with Crippen molar-refractivity contribution in [2.75, 3.05) is 24.6 Å². The molecule has 0 fully saturated rings. The molecule has 0 aliphatic rings. The molecule has 0 aromatic carbocycles. The normalized spacial score (nSPS) is 11.2. The summed E-state index contributed by atoms with van der Waals surface area (Å²) in [5.74, 6) is -2.51. The molecule has 2 N–H and O–H groups in total. The molecular formula is C20H40O4P+. The summed E-state index contributed by atoms with van der Waals surface area (Å²) in [4.78, 5) is 19.1. The standard InChI is InChI=1S/C16H36P.C4H4O4/c1-5-9-13-17(14-10-6-2,15-11-7-3)16-12-8-4;5-3(6)1-2-4(7)8/h5-16H2,1-4H3;1-2H,(H,5,6)(H,7,8)/q+1;/b;2-1+. The number of unbranched alkanes of at least 4 members (excludes halogenated alkanes) is 4. The molecule has 0 rings (SSSR count). The highest BCUT2D eigenvalue weighted by Gasteiger charge is 2.34. The van der Waals surface area contributed by atoms with Gasteiger partial charge in [-0.25, -0.2) is 9.59 Å². The van der Waals surface area contributed by atoms with Gasteiger partial charge in [0, 0.05) is 19.4 Å². The van der Waals surface area contributed by atoms with Crippen LogP contribution in [-0.2, 0) is 9.59 Å². The second kappa shape index (κ2) is 17.9. The van der Waals surface area contributed by atoms with Crippen LogP contribution in [0.3, 0.4) is 0 Å². The molecule has 0 unspecified atom stereocenters. The van der Waals surface area contributed by atoms with E-state index < -0.39 is 19.2 Å². The van der Waals surface area contributed by atoms with E-state index in [2.05, 4.69) is 27.7 Å². The first-order chi connectivity index (χ1) is 11.9. The lowest BCUT2D eigenvalue weighted by Gasteiger charge is -2.28. The number of rotatable bonds is 14. The number of hydrogen-bond acceptors (Lipinski definition) is 2. The average molecular weight is 376 g/mol. The van der Waals surface area contributed by atoms with Gasteiger partial charge < -0.3 is 10.2 Å². The SMILES string of the molecule is CCCC[P+](CCCC)(CCCC)CCCC.O=C(O)/C=C/C(=O)O. The van der Waals surface area contributed by atoms with Crippen molar-refractivity contribution in [3.05, 3.63) is 12.2 Å². The van der Waals surface area contributed by atoms with Gasteiger partial charge in [-0.15, -0.1) is 0 Å². The lowest BCUT2D eigenvalue weighted by Crippen LogP contribution is -2.12. The lowest BCUT2D eigenvalue weighted by atomic mass is 10.4. The van der Waals surface area contributed by atoms with Gasteiger partial charge in [0.05, 0.1) is 24.6 Å². The van der Waals surface area contributed by atoms with Crippen LogP contribution in [0.1, 0.15) is 79.1 Å². The molecule has 0 atom stereocenters. The molecule has 4 nitrogen and oxygen atoms in total. The highest BCUT2D eigenvalue weighted by molar-refractivity contribution is 7.75. The first-order valence-electron chi connectivity index (χ1n) is 9.86. The number of carboxylic acids is 2. The Morgan fingerprint density at radius 2 is 0.880 bits per heavy atom. The fourth-order valence-electron chi connectivity index (χ4n) is 2.79. The highest BCUT2D eigenvalue weighted by Crippen LogP contribution is 2.61. The van der Waals surface area contributed by atoms with Crippen LogP contribution in [0, 0.1) is 0 Å². The van der Waals surface area contributed by atoms with E-state index in [1.54, 1.807) is 24.6 Å². The predicted molar refractivity (Wildman–Crippen MR) is 110 cm³/mol. The van der Waals surface area contributed by atoms with Crippen LogP contribution in [0.2, 0.25) is 0 Å². The monoisotopic (exact) mass is 375 g/mol. The molecule has 0 radical (unpaired) electrons. The van der Waals surface area contributed by atoms with Gasteiger partial charge in [0.25, 0.3) is 0 Å². The van der Waals surface area contributed by atoms with Gasteiger partial charge in [0.1, 0.15) is 0 Å². The summed E-state index contributed by atoms with van der Waals surface area (Å²) in [6, 6.07) is 0. The zero-order valence-electron chi connectivity index (χ0n) is 16.8. The molecule has 0 heterocycles. The van der Waals surface area contributed by atoms with Crippen molar-refractivity contribution in [1.82, 2.24) is 0 Å². The molecular weight excluding hydrogens is 335 g/mol. The van der Waals surface area contributed by atoms with Crippen LogP contribution in [0.15, 0.2) is 12.2 Å². The zero-order chi connectivity index (χ0) is 19.6. The Hall–Kier alpha value is -0.890. The summed E-state index contributed by atoms with van der Waals surface area (Å²) >= 11 is 0. The average Bonchev–Trinajstić information content (AvgIpc) is 2.59. The maximum absolute atomic E-state index is 9.55. The van der Waals surface area contributed by atoms with E-state index in [0.717, 1.165) is 0 Å². The van der Waals surface area contributed by atoms with E-state index in [-0.39, 0.29) is 0 Å². The summed E-state index contributed by atoms with van der Waals surface area (Å²) in [5.41, 5.74) is 0. The van der Waals surface area contributed by atoms with E-state index in [1.807, 2.05) is 0 Å². The zero-order valence-corrected chi connectivity index (χ0v) is 17.7. The first kappa shape index (κ1) is 26.3. The minimum atomic E-state index is -1.26. The minimum Gasteiger partial charge on any atom is -0.478 e. The summed E-state index contributed by atoms with van der Waals surface area (Å²) in [7, 11) is -0.562. The fourth-order valence-corrected chi connectivity index (χ4v) is 8.08.